The molecule has 0 aliphatic rings. The van der Waals surface area contributed by atoms with Crippen molar-refractivity contribution < 1.29 is 19.1 Å². The molecule has 1 aromatic carbocycles. The SMILES string of the molecule is CCOC(=O)Nc1cccc(C(=O)OC)c1. The van der Waals surface area contributed by atoms with Crippen LogP contribution in [0.2, 0.25) is 0 Å². The van der Waals surface area contributed by atoms with Crippen molar-refractivity contribution in [2.24, 2.45) is 0 Å². The predicted octanol–water partition coefficient (Wildman–Crippen LogP) is 2.04. The predicted molar refractivity (Wildman–Crippen MR) is 58.4 cm³/mol. The van der Waals surface area contributed by atoms with E-state index in [1.54, 1.807) is 25.1 Å². The molecule has 1 aromatic rings. The van der Waals surface area contributed by atoms with Gasteiger partial charge in [0, 0.05) is 5.69 Å². The van der Waals surface area contributed by atoms with E-state index in [1.165, 1.54) is 13.2 Å². The van der Waals surface area contributed by atoms with Gasteiger partial charge in [-0.3, -0.25) is 5.32 Å². The fourth-order valence-corrected chi connectivity index (χ4v) is 1.13. The average Bonchev–Trinajstić information content (AvgIpc) is 2.28. The van der Waals surface area contributed by atoms with Gasteiger partial charge in [0.25, 0.3) is 0 Å². The Hall–Kier alpha value is -2.04. The number of carbonyl (C=O) groups excluding carboxylic acids is 2. The van der Waals surface area contributed by atoms with Crippen LogP contribution >= 0.6 is 0 Å². The molecular weight excluding hydrogens is 210 g/mol. The number of carbonyl (C=O) groups is 2. The molecule has 1 rings (SSSR count). The highest BCUT2D eigenvalue weighted by Gasteiger charge is 2.07. The van der Waals surface area contributed by atoms with Gasteiger partial charge < -0.3 is 9.47 Å². The summed E-state index contributed by atoms with van der Waals surface area (Å²) in [5, 5.41) is 2.49. The Balaban J connectivity index is 2.74. The van der Waals surface area contributed by atoms with Crippen LogP contribution in [-0.2, 0) is 9.47 Å². The van der Waals surface area contributed by atoms with E-state index in [9.17, 15) is 9.59 Å². The standard InChI is InChI=1S/C11H13NO4/c1-3-16-11(14)12-9-6-4-5-8(7-9)10(13)15-2/h4-7H,3H2,1-2H3,(H,12,14). The highest BCUT2D eigenvalue weighted by atomic mass is 16.5. The van der Waals surface area contributed by atoms with E-state index < -0.39 is 12.1 Å². The Kier molecular flexibility index (Phi) is 4.32. The van der Waals surface area contributed by atoms with Gasteiger partial charge in [-0.2, -0.15) is 0 Å². The van der Waals surface area contributed by atoms with Gasteiger partial charge in [0.05, 0.1) is 19.3 Å². The van der Waals surface area contributed by atoms with Crippen LogP contribution in [0.3, 0.4) is 0 Å². The maximum atomic E-state index is 11.2. The van der Waals surface area contributed by atoms with Crippen LogP contribution in [0.4, 0.5) is 10.5 Å². The highest BCUT2D eigenvalue weighted by molar-refractivity contribution is 5.92. The molecule has 1 N–H and O–H groups in total. The van der Waals surface area contributed by atoms with Crippen LogP contribution in [-0.4, -0.2) is 25.8 Å². The van der Waals surface area contributed by atoms with Gasteiger partial charge in [-0.05, 0) is 25.1 Å². The summed E-state index contributed by atoms with van der Waals surface area (Å²) in [5.74, 6) is -0.451. The van der Waals surface area contributed by atoms with Crippen molar-refractivity contribution in [1.82, 2.24) is 0 Å². The number of hydrogen-bond acceptors (Lipinski definition) is 4. The number of esters is 1. The van der Waals surface area contributed by atoms with Crippen LogP contribution in [0.1, 0.15) is 17.3 Å². The Labute approximate surface area is 93.4 Å². The molecular formula is C11H13NO4. The quantitative estimate of drug-likeness (QED) is 0.796. The van der Waals surface area contributed by atoms with E-state index in [4.69, 9.17) is 4.74 Å². The van der Waals surface area contributed by atoms with Gasteiger partial charge in [0.1, 0.15) is 0 Å². The number of hydrogen-bond donors (Lipinski definition) is 1. The fraction of sp³-hybridized carbons (Fsp3) is 0.273. The lowest BCUT2D eigenvalue weighted by molar-refractivity contribution is 0.0600. The van der Waals surface area contributed by atoms with Gasteiger partial charge >= 0.3 is 12.1 Å². The molecule has 0 spiro atoms. The first-order chi connectivity index (χ1) is 7.67. The third-order valence-corrected chi connectivity index (χ3v) is 1.81. The molecule has 5 nitrogen and oxygen atoms in total. The molecule has 0 saturated heterocycles. The zero-order valence-corrected chi connectivity index (χ0v) is 9.15. The van der Waals surface area contributed by atoms with Crippen LogP contribution in [0.25, 0.3) is 0 Å². The van der Waals surface area contributed by atoms with Gasteiger partial charge in [0.2, 0.25) is 0 Å². The number of benzene rings is 1. The Bertz CT molecular complexity index is 389. The summed E-state index contributed by atoms with van der Waals surface area (Å²) >= 11 is 0. The van der Waals surface area contributed by atoms with Crippen LogP contribution in [0, 0.1) is 0 Å². The molecule has 86 valence electrons. The molecule has 0 fully saturated rings. The smallest absolute Gasteiger partial charge is 0.411 e. The first-order valence-corrected chi connectivity index (χ1v) is 4.79. The van der Waals surface area contributed by atoms with Crippen molar-refractivity contribution in [3.8, 4) is 0 Å². The first kappa shape index (κ1) is 12.0. The number of methoxy groups -OCH3 is 1. The molecule has 0 aromatic heterocycles. The van der Waals surface area contributed by atoms with Crippen molar-refractivity contribution in [2.75, 3.05) is 19.0 Å². The third kappa shape index (κ3) is 3.27. The summed E-state index contributed by atoms with van der Waals surface area (Å²) < 4.78 is 9.27. The molecule has 1 amide bonds. The van der Waals surface area contributed by atoms with Crippen molar-refractivity contribution in [1.29, 1.82) is 0 Å². The topological polar surface area (TPSA) is 64.6 Å². The molecule has 0 saturated carbocycles. The van der Waals surface area contributed by atoms with E-state index in [2.05, 4.69) is 10.1 Å². The average molecular weight is 223 g/mol. The van der Waals surface area contributed by atoms with Crippen molar-refractivity contribution in [2.45, 2.75) is 6.92 Å². The monoisotopic (exact) mass is 223 g/mol. The Morgan fingerprint density at radius 1 is 1.38 bits per heavy atom. The maximum absolute atomic E-state index is 11.2. The fourth-order valence-electron chi connectivity index (χ4n) is 1.13. The lowest BCUT2D eigenvalue weighted by Crippen LogP contribution is -2.13. The van der Waals surface area contributed by atoms with Crippen molar-refractivity contribution in [3.63, 3.8) is 0 Å². The van der Waals surface area contributed by atoms with E-state index in [0.29, 0.717) is 17.9 Å². The van der Waals surface area contributed by atoms with E-state index in [-0.39, 0.29) is 0 Å². The van der Waals surface area contributed by atoms with Gasteiger partial charge in [0.15, 0.2) is 0 Å². The molecule has 0 aliphatic carbocycles. The zero-order valence-electron chi connectivity index (χ0n) is 9.15. The second-order valence-electron chi connectivity index (χ2n) is 2.92. The third-order valence-electron chi connectivity index (χ3n) is 1.81. The number of anilines is 1. The minimum Gasteiger partial charge on any atom is -0.465 e. The largest absolute Gasteiger partial charge is 0.465 e. The second-order valence-corrected chi connectivity index (χ2v) is 2.92. The lowest BCUT2D eigenvalue weighted by atomic mass is 10.2. The van der Waals surface area contributed by atoms with E-state index >= 15 is 0 Å². The van der Waals surface area contributed by atoms with Crippen molar-refractivity contribution >= 4 is 17.7 Å². The molecule has 0 heterocycles. The van der Waals surface area contributed by atoms with Gasteiger partial charge in [-0.15, -0.1) is 0 Å². The van der Waals surface area contributed by atoms with E-state index in [1.807, 2.05) is 0 Å². The number of rotatable bonds is 3. The lowest BCUT2D eigenvalue weighted by Gasteiger charge is -2.06. The number of amides is 1. The summed E-state index contributed by atoms with van der Waals surface area (Å²) in [6, 6.07) is 6.42. The number of ether oxygens (including phenoxy) is 2. The Morgan fingerprint density at radius 2 is 2.12 bits per heavy atom. The molecule has 16 heavy (non-hydrogen) atoms. The molecule has 0 atom stereocenters. The van der Waals surface area contributed by atoms with Gasteiger partial charge in [-0.25, -0.2) is 9.59 Å². The molecule has 0 unspecified atom stereocenters. The maximum Gasteiger partial charge on any atom is 0.411 e. The summed E-state index contributed by atoms with van der Waals surface area (Å²) in [5.41, 5.74) is 0.859. The summed E-state index contributed by atoms with van der Waals surface area (Å²) in [4.78, 5) is 22.3. The van der Waals surface area contributed by atoms with Crippen LogP contribution in [0.15, 0.2) is 24.3 Å². The first-order valence-electron chi connectivity index (χ1n) is 4.79. The molecule has 0 aliphatic heterocycles. The normalized spacial score (nSPS) is 9.38. The molecule has 0 radical (unpaired) electrons. The summed E-state index contributed by atoms with van der Waals surface area (Å²) in [7, 11) is 1.30. The van der Waals surface area contributed by atoms with Crippen LogP contribution in [0.5, 0.6) is 0 Å². The van der Waals surface area contributed by atoms with Crippen LogP contribution < -0.4 is 5.32 Å². The molecule has 0 bridgehead atoms. The number of nitrogens with one attached hydrogen (secondary N) is 1. The summed E-state index contributed by atoms with van der Waals surface area (Å²) in [6.07, 6.45) is -0.551. The second kappa shape index (κ2) is 5.75. The zero-order chi connectivity index (χ0) is 12.0. The summed E-state index contributed by atoms with van der Waals surface area (Å²) in [6.45, 7) is 2.01. The van der Waals surface area contributed by atoms with Crippen molar-refractivity contribution in [3.05, 3.63) is 29.8 Å². The molecule has 5 heteroatoms. The Morgan fingerprint density at radius 3 is 2.75 bits per heavy atom. The minimum absolute atomic E-state index is 0.294. The van der Waals surface area contributed by atoms with E-state index in [0.717, 1.165) is 0 Å². The minimum atomic E-state index is -0.551. The van der Waals surface area contributed by atoms with Gasteiger partial charge in [-0.1, -0.05) is 6.07 Å². The highest BCUT2D eigenvalue weighted by Crippen LogP contribution is 2.11.